The van der Waals surface area contributed by atoms with Gasteiger partial charge in [0.25, 0.3) is 0 Å². The molecule has 0 aromatic heterocycles. The summed E-state index contributed by atoms with van der Waals surface area (Å²) in [5, 5.41) is 2.88. The number of hydrogen-bond acceptors (Lipinski definition) is 5. The van der Waals surface area contributed by atoms with Crippen LogP contribution in [0.15, 0.2) is 42.5 Å². The number of nitrogens with one attached hydrogen (secondary N) is 1. The lowest BCUT2D eigenvalue weighted by molar-refractivity contribution is -0.160. The van der Waals surface area contributed by atoms with Gasteiger partial charge in [-0.1, -0.05) is 6.07 Å². The summed E-state index contributed by atoms with van der Waals surface area (Å²) < 4.78 is 15.9. The molecule has 7 heteroatoms. The molecule has 0 bridgehead atoms. The van der Waals surface area contributed by atoms with Crippen LogP contribution in [0.25, 0.3) is 0 Å². The van der Waals surface area contributed by atoms with E-state index in [9.17, 15) is 9.59 Å². The van der Waals surface area contributed by atoms with Crippen LogP contribution < -0.4 is 19.5 Å². The van der Waals surface area contributed by atoms with Crippen molar-refractivity contribution in [2.45, 2.75) is 31.8 Å². The van der Waals surface area contributed by atoms with Crippen LogP contribution in [-0.4, -0.2) is 36.2 Å². The highest BCUT2D eigenvalue weighted by molar-refractivity contribution is 6.01. The maximum absolute atomic E-state index is 13.0. The smallest absolute Gasteiger partial charge is 0.249 e. The van der Waals surface area contributed by atoms with Gasteiger partial charge in [0.1, 0.15) is 11.3 Å². The Morgan fingerprint density at radius 1 is 1.14 bits per heavy atom. The summed E-state index contributed by atoms with van der Waals surface area (Å²) >= 11 is 0. The van der Waals surface area contributed by atoms with E-state index in [-0.39, 0.29) is 24.6 Å². The van der Waals surface area contributed by atoms with Crippen molar-refractivity contribution >= 4 is 17.5 Å². The van der Waals surface area contributed by atoms with Gasteiger partial charge in [-0.15, -0.1) is 0 Å². The number of rotatable bonds is 5. The minimum Gasteiger partial charge on any atom is -0.497 e. The van der Waals surface area contributed by atoms with Crippen LogP contribution in [0.3, 0.4) is 0 Å². The van der Waals surface area contributed by atoms with Crippen LogP contribution in [-0.2, 0) is 9.59 Å². The van der Waals surface area contributed by atoms with Crippen LogP contribution in [0, 0.1) is 0 Å². The summed E-state index contributed by atoms with van der Waals surface area (Å²) in [5.41, 5.74) is 0.552. The summed E-state index contributed by atoms with van der Waals surface area (Å²) in [6.45, 7) is 3.70. The van der Waals surface area contributed by atoms with Gasteiger partial charge in [-0.25, -0.2) is 0 Å². The quantitative estimate of drug-likeness (QED) is 0.804. The topological polar surface area (TPSA) is 77.1 Å². The number of nitrogens with zero attached hydrogens (tertiary/aromatic N) is 1. The Bertz CT molecular complexity index is 923. The van der Waals surface area contributed by atoms with E-state index in [1.165, 1.54) is 0 Å². The lowest BCUT2D eigenvalue weighted by Crippen LogP contribution is -2.62. The van der Waals surface area contributed by atoms with E-state index in [0.717, 1.165) is 5.56 Å². The Morgan fingerprint density at radius 2 is 1.86 bits per heavy atom. The second-order valence-corrected chi connectivity index (χ2v) is 7.34. The van der Waals surface area contributed by atoms with Gasteiger partial charge >= 0.3 is 0 Å². The van der Waals surface area contributed by atoms with Gasteiger partial charge < -0.3 is 24.4 Å². The highest BCUT2D eigenvalue weighted by Crippen LogP contribution is 2.43. The molecule has 0 radical (unpaired) electrons. The number of β-lactam (4-membered cyclic amide) rings is 1. The summed E-state index contributed by atoms with van der Waals surface area (Å²) in [7, 11) is 1.59. The fourth-order valence-electron chi connectivity index (χ4n) is 3.57. The third-order valence-electron chi connectivity index (χ3n) is 5.24. The van der Waals surface area contributed by atoms with Crippen molar-refractivity contribution in [3.63, 3.8) is 0 Å². The van der Waals surface area contributed by atoms with Crippen molar-refractivity contribution < 1.29 is 23.8 Å². The average molecular weight is 382 g/mol. The number of ether oxygens (including phenoxy) is 3. The van der Waals surface area contributed by atoms with Crippen LogP contribution in [0.4, 0.5) is 5.69 Å². The maximum atomic E-state index is 13.0. The monoisotopic (exact) mass is 382 g/mol. The number of amides is 2. The molecule has 4 rings (SSSR count). The molecule has 1 N–H and O–H groups in total. The highest BCUT2D eigenvalue weighted by atomic mass is 16.7. The van der Waals surface area contributed by atoms with E-state index in [2.05, 4.69) is 5.32 Å². The largest absolute Gasteiger partial charge is 0.497 e. The first kappa shape index (κ1) is 18.2. The molecule has 7 nitrogen and oxygen atoms in total. The Morgan fingerprint density at radius 3 is 2.54 bits per heavy atom. The van der Waals surface area contributed by atoms with Crippen LogP contribution in [0.5, 0.6) is 17.2 Å². The van der Waals surface area contributed by atoms with Crippen LogP contribution in [0.2, 0.25) is 0 Å². The van der Waals surface area contributed by atoms with Gasteiger partial charge in [-0.3, -0.25) is 9.59 Å². The molecule has 2 aliphatic rings. The first-order chi connectivity index (χ1) is 13.4. The Kier molecular flexibility index (Phi) is 4.37. The van der Waals surface area contributed by atoms with Gasteiger partial charge in [0.15, 0.2) is 11.5 Å². The third-order valence-corrected chi connectivity index (χ3v) is 5.24. The highest BCUT2D eigenvalue weighted by Gasteiger charge is 2.49. The second-order valence-electron chi connectivity index (χ2n) is 7.34. The molecular weight excluding hydrogens is 360 g/mol. The number of methoxy groups -OCH3 is 1. The summed E-state index contributed by atoms with van der Waals surface area (Å²) in [5.74, 6) is 1.75. The number of benzene rings is 2. The number of fused-ring (bicyclic) bond motifs is 1. The molecule has 2 aromatic carbocycles. The van der Waals surface area contributed by atoms with Crippen molar-refractivity contribution in [3.8, 4) is 17.2 Å². The molecule has 0 aliphatic carbocycles. The standard InChI is InChI=1S/C21H22N2O5/c1-21(2,20(25)22-14-5-7-15(26-3)8-6-14)23-16(11-19(23)24)13-4-9-17-18(10-13)28-12-27-17/h4-10,16H,11-12H2,1-3H3,(H,22,25). The van der Waals surface area contributed by atoms with E-state index < -0.39 is 5.54 Å². The summed E-state index contributed by atoms with van der Waals surface area (Å²) in [6.07, 6.45) is 0.360. The fourth-order valence-corrected chi connectivity index (χ4v) is 3.57. The minimum absolute atomic E-state index is 0.0578. The maximum Gasteiger partial charge on any atom is 0.249 e. The van der Waals surface area contributed by atoms with E-state index in [1.807, 2.05) is 18.2 Å². The minimum atomic E-state index is -1.02. The van der Waals surface area contributed by atoms with E-state index >= 15 is 0 Å². The molecule has 146 valence electrons. The molecule has 2 heterocycles. The molecule has 28 heavy (non-hydrogen) atoms. The number of likely N-dealkylation sites (tertiary alicyclic amines) is 1. The first-order valence-electron chi connectivity index (χ1n) is 9.07. The number of anilines is 1. The average Bonchev–Trinajstić information content (AvgIpc) is 3.13. The van der Waals surface area contributed by atoms with E-state index in [1.54, 1.807) is 50.1 Å². The van der Waals surface area contributed by atoms with Crippen molar-refractivity contribution in [1.82, 2.24) is 4.90 Å². The van der Waals surface area contributed by atoms with Gasteiger partial charge in [-0.05, 0) is 55.8 Å². The zero-order chi connectivity index (χ0) is 19.9. The van der Waals surface area contributed by atoms with Gasteiger partial charge in [0.2, 0.25) is 18.6 Å². The summed E-state index contributed by atoms with van der Waals surface area (Å²) in [4.78, 5) is 27.0. The number of hydrogen-bond donors (Lipinski definition) is 1. The zero-order valence-corrected chi connectivity index (χ0v) is 16.0. The molecule has 2 aromatic rings. The normalized spacial score (nSPS) is 17.9. The Labute approximate surface area is 163 Å². The Balaban J connectivity index is 1.53. The van der Waals surface area contributed by atoms with E-state index in [4.69, 9.17) is 14.2 Å². The van der Waals surface area contributed by atoms with Crippen molar-refractivity contribution in [2.75, 3.05) is 19.2 Å². The third kappa shape index (κ3) is 3.02. The van der Waals surface area contributed by atoms with Gasteiger partial charge in [0, 0.05) is 5.69 Å². The number of carbonyl (C=O) groups is 2. The molecular formula is C21H22N2O5. The molecule has 2 amide bonds. The predicted molar refractivity (Wildman–Crippen MR) is 102 cm³/mol. The van der Waals surface area contributed by atoms with Gasteiger partial charge in [-0.2, -0.15) is 0 Å². The molecule has 1 fully saturated rings. The molecule has 0 spiro atoms. The summed E-state index contributed by atoms with van der Waals surface area (Å²) in [6, 6.07) is 12.5. The lowest BCUT2D eigenvalue weighted by atomic mass is 9.86. The van der Waals surface area contributed by atoms with Crippen molar-refractivity contribution in [1.29, 1.82) is 0 Å². The molecule has 1 saturated heterocycles. The van der Waals surface area contributed by atoms with Crippen LogP contribution >= 0.6 is 0 Å². The fraction of sp³-hybridized carbons (Fsp3) is 0.333. The lowest BCUT2D eigenvalue weighted by Gasteiger charge is -2.49. The Hall–Kier alpha value is -3.22. The molecule has 1 unspecified atom stereocenters. The number of carbonyl (C=O) groups excluding carboxylic acids is 2. The second kappa shape index (κ2) is 6.74. The van der Waals surface area contributed by atoms with Crippen molar-refractivity contribution in [3.05, 3.63) is 48.0 Å². The molecule has 0 saturated carbocycles. The molecule has 2 aliphatic heterocycles. The van der Waals surface area contributed by atoms with Crippen molar-refractivity contribution in [2.24, 2.45) is 0 Å². The van der Waals surface area contributed by atoms with E-state index in [0.29, 0.717) is 29.4 Å². The predicted octanol–water partition coefficient (Wildman–Crippen LogP) is 3.11. The zero-order valence-electron chi connectivity index (χ0n) is 16.0. The molecule has 1 atom stereocenters. The SMILES string of the molecule is COc1ccc(NC(=O)C(C)(C)N2C(=O)CC2c2ccc3c(c2)OCO3)cc1. The van der Waals surface area contributed by atoms with Crippen LogP contribution in [0.1, 0.15) is 31.9 Å². The first-order valence-corrected chi connectivity index (χ1v) is 9.07. The van der Waals surface area contributed by atoms with Gasteiger partial charge in [0.05, 0.1) is 19.6 Å².